The largest absolute Gasteiger partial charge is 0.508 e. The van der Waals surface area contributed by atoms with Crippen molar-refractivity contribution >= 4 is 45.8 Å². The maximum atomic E-state index is 13.4. The number of phenols is 1. The summed E-state index contributed by atoms with van der Waals surface area (Å²) in [5.41, 5.74) is 2.37. The molecule has 0 radical (unpaired) electrons. The zero-order valence-corrected chi connectivity index (χ0v) is 17.9. The van der Waals surface area contributed by atoms with Crippen LogP contribution in [0, 0.1) is 15.4 Å². The Hall–Kier alpha value is -2.44. The number of carbonyl (C=O) groups excluding carboxylic acids is 3. The summed E-state index contributed by atoms with van der Waals surface area (Å²) in [6, 6.07) is 1.94. The molecule has 1 fully saturated rings. The third-order valence-corrected chi connectivity index (χ3v) is 7.35. The maximum Gasteiger partial charge on any atom is 0.255 e. The number of hydrogen-bond acceptors (Lipinski definition) is 8. The molecule has 30 heavy (non-hydrogen) atoms. The minimum absolute atomic E-state index is 0.0696. The average molecular weight is 526 g/mol. The molecule has 0 saturated heterocycles. The molecule has 0 heterocycles. The quantitative estimate of drug-likeness (QED) is 0.235. The van der Waals surface area contributed by atoms with Crippen LogP contribution < -0.4 is 11.1 Å². The van der Waals surface area contributed by atoms with Crippen molar-refractivity contribution in [1.29, 1.82) is 0 Å². The summed E-state index contributed by atoms with van der Waals surface area (Å²) >= 11 is 2.06. The van der Waals surface area contributed by atoms with Gasteiger partial charge in [-0.25, -0.2) is 0 Å². The number of aliphatic hydroxyl groups is 3. The number of halogens is 1. The third kappa shape index (κ3) is 2.50. The Morgan fingerprint density at radius 1 is 1.27 bits per heavy atom. The maximum absolute atomic E-state index is 13.4. The molecular formula is C20H19IN2O7. The highest BCUT2D eigenvalue weighted by Gasteiger charge is 2.63. The Balaban J connectivity index is 1.98. The Morgan fingerprint density at radius 3 is 2.53 bits per heavy atom. The zero-order valence-electron chi connectivity index (χ0n) is 15.8. The van der Waals surface area contributed by atoms with Gasteiger partial charge in [0.1, 0.15) is 22.8 Å². The first-order valence-corrected chi connectivity index (χ1v) is 10.3. The number of amides is 1. The minimum atomic E-state index is -2.61. The van der Waals surface area contributed by atoms with Gasteiger partial charge in [-0.1, -0.05) is 0 Å². The van der Waals surface area contributed by atoms with Crippen molar-refractivity contribution < 1.29 is 34.8 Å². The summed E-state index contributed by atoms with van der Waals surface area (Å²) < 4.78 is 0.780. The van der Waals surface area contributed by atoms with E-state index in [-0.39, 0.29) is 29.7 Å². The van der Waals surface area contributed by atoms with Crippen molar-refractivity contribution in [3.8, 4) is 5.75 Å². The number of carbonyl (C=O) groups is 3. The molecule has 3 aliphatic rings. The number of Topliss-reactive ketones (excluding diaryl/α,β-unsaturated/α-hetero) is 2. The molecule has 4 atom stereocenters. The highest BCUT2D eigenvalue weighted by molar-refractivity contribution is 14.1. The molecule has 1 aromatic rings. The molecular weight excluding hydrogens is 507 g/mol. The second-order valence-corrected chi connectivity index (χ2v) is 8.90. The monoisotopic (exact) mass is 526 g/mol. The van der Waals surface area contributed by atoms with Crippen LogP contribution in [-0.2, 0) is 20.8 Å². The summed E-state index contributed by atoms with van der Waals surface area (Å²) in [6.07, 6.45) is 0.359. The van der Waals surface area contributed by atoms with Crippen LogP contribution in [0.4, 0.5) is 0 Å². The van der Waals surface area contributed by atoms with Gasteiger partial charge in [-0.15, -0.1) is 0 Å². The van der Waals surface area contributed by atoms with Crippen molar-refractivity contribution in [3.63, 3.8) is 0 Å². The fourth-order valence-corrected chi connectivity index (χ4v) is 5.64. The summed E-state index contributed by atoms with van der Waals surface area (Å²) in [5.74, 6) is -6.53. The van der Waals surface area contributed by atoms with Gasteiger partial charge in [0.2, 0.25) is 5.78 Å². The van der Waals surface area contributed by atoms with Crippen LogP contribution in [0.1, 0.15) is 17.5 Å². The van der Waals surface area contributed by atoms with E-state index in [0.717, 1.165) is 3.57 Å². The van der Waals surface area contributed by atoms with Gasteiger partial charge in [0.05, 0.1) is 11.6 Å². The number of nitrogens with one attached hydrogen (secondary N) is 1. The first-order chi connectivity index (χ1) is 14.0. The van der Waals surface area contributed by atoms with Gasteiger partial charge in [0.15, 0.2) is 11.4 Å². The summed E-state index contributed by atoms with van der Waals surface area (Å²) in [6.45, 7) is 0. The van der Waals surface area contributed by atoms with E-state index in [4.69, 9.17) is 5.73 Å². The molecule has 1 amide bonds. The van der Waals surface area contributed by atoms with E-state index in [1.807, 2.05) is 0 Å². The molecule has 0 aromatic heterocycles. The number of primary amides is 1. The van der Waals surface area contributed by atoms with Crippen molar-refractivity contribution in [1.82, 2.24) is 5.32 Å². The Bertz CT molecular complexity index is 1090. The number of phenolic OH excluding ortho intramolecular Hbond substituents is 1. The van der Waals surface area contributed by atoms with E-state index in [1.54, 1.807) is 6.07 Å². The summed E-state index contributed by atoms with van der Waals surface area (Å²) in [7, 11) is 1.44. The molecule has 4 rings (SSSR count). The number of aromatic hydroxyl groups is 1. The van der Waals surface area contributed by atoms with Crippen molar-refractivity contribution in [2.45, 2.75) is 24.5 Å². The fraction of sp³-hybridized carbons (Fsp3) is 0.350. The number of likely N-dealkylation sites (N-methyl/N-ethyl adjacent to an activating group) is 1. The number of rotatable bonds is 2. The van der Waals surface area contributed by atoms with Gasteiger partial charge in [-0.3, -0.25) is 14.4 Å². The van der Waals surface area contributed by atoms with Gasteiger partial charge in [0.25, 0.3) is 5.91 Å². The lowest BCUT2D eigenvalue weighted by Crippen LogP contribution is -2.65. The van der Waals surface area contributed by atoms with E-state index in [0.29, 0.717) is 5.56 Å². The number of hydrogen-bond donors (Lipinski definition) is 6. The highest BCUT2D eigenvalue weighted by Crippen LogP contribution is 2.52. The second-order valence-electron chi connectivity index (χ2n) is 7.74. The predicted molar refractivity (Wildman–Crippen MR) is 112 cm³/mol. The Kier molecular flexibility index (Phi) is 4.71. The lowest BCUT2D eigenvalue weighted by atomic mass is 9.57. The number of fused-ring (bicyclic) bond motifs is 3. The molecule has 1 aromatic carbocycles. The molecule has 3 aliphatic carbocycles. The van der Waals surface area contributed by atoms with Crippen molar-refractivity contribution in [3.05, 3.63) is 43.7 Å². The minimum Gasteiger partial charge on any atom is -0.508 e. The molecule has 9 nitrogen and oxygen atoms in total. The first-order valence-electron chi connectivity index (χ1n) is 9.21. The standard InChI is InChI=1S/C20H19IN2O7/c1-23-14-8-5-6-4-7-9(21)2-3-10(24)12(7)15(25)11(6)17(27)20(8,30)18(28)13(16(14)26)19(22)29/h2-3,6,8,14,23-25,28,30H,4-5H2,1H3,(H2,22,29)/t6?,8?,14-,20-/m0/s1. The van der Waals surface area contributed by atoms with Crippen LogP contribution in [0.2, 0.25) is 0 Å². The highest BCUT2D eigenvalue weighted by atomic mass is 127. The SMILES string of the molecule is CN[C@@H]1C(=O)C(C(N)=O)=C(O)[C@@]2(O)C(=O)C3=C(O)c4c(O)ccc(I)c4CC3CC12. The van der Waals surface area contributed by atoms with Crippen LogP contribution in [0.15, 0.2) is 29.0 Å². The van der Waals surface area contributed by atoms with Gasteiger partial charge >= 0.3 is 0 Å². The predicted octanol–water partition coefficient (Wildman–Crippen LogP) is 0.226. The van der Waals surface area contributed by atoms with Crippen LogP contribution in [0.3, 0.4) is 0 Å². The summed E-state index contributed by atoms with van der Waals surface area (Å²) in [4.78, 5) is 38.0. The van der Waals surface area contributed by atoms with E-state index >= 15 is 0 Å². The lowest BCUT2D eigenvalue weighted by Gasteiger charge is -2.48. The Morgan fingerprint density at radius 2 is 1.93 bits per heavy atom. The fourth-order valence-electron chi connectivity index (χ4n) is 4.97. The van der Waals surface area contributed by atoms with Gasteiger partial charge < -0.3 is 31.5 Å². The van der Waals surface area contributed by atoms with E-state index < -0.39 is 58.0 Å². The molecule has 1 saturated carbocycles. The molecule has 10 heteroatoms. The zero-order chi connectivity index (χ0) is 22.1. The van der Waals surface area contributed by atoms with Crippen LogP contribution in [-0.4, -0.2) is 56.6 Å². The van der Waals surface area contributed by atoms with Gasteiger partial charge in [-0.2, -0.15) is 0 Å². The number of ketones is 2. The first kappa shape index (κ1) is 20.8. The second kappa shape index (κ2) is 6.79. The number of nitrogens with two attached hydrogens (primary N) is 1. The van der Waals surface area contributed by atoms with E-state index in [2.05, 4.69) is 27.9 Å². The number of aliphatic hydroxyl groups excluding tert-OH is 2. The number of benzene rings is 1. The van der Waals surface area contributed by atoms with E-state index in [9.17, 15) is 34.8 Å². The molecule has 0 aliphatic heterocycles. The van der Waals surface area contributed by atoms with Crippen molar-refractivity contribution in [2.24, 2.45) is 17.6 Å². The summed E-state index contributed by atoms with van der Waals surface area (Å²) in [5, 5.41) is 45.8. The molecule has 2 unspecified atom stereocenters. The van der Waals surface area contributed by atoms with Gasteiger partial charge in [-0.05, 0) is 66.1 Å². The lowest BCUT2D eigenvalue weighted by molar-refractivity contribution is -0.150. The van der Waals surface area contributed by atoms with E-state index in [1.165, 1.54) is 13.1 Å². The average Bonchev–Trinajstić information content (AvgIpc) is 2.67. The van der Waals surface area contributed by atoms with Crippen LogP contribution >= 0.6 is 22.6 Å². The van der Waals surface area contributed by atoms with Gasteiger partial charge in [0, 0.05) is 15.1 Å². The smallest absolute Gasteiger partial charge is 0.255 e. The van der Waals surface area contributed by atoms with Crippen LogP contribution in [0.25, 0.3) is 5.76 Å². The molecule has 7 N–H and O–H groups in total. The third-order valence-electron chi connectivity index (χ3n) is 6.34. The van der Waals surface area contributed by atoms with Crippen LogP contribution in [0.5, 0.6) is 5.75 Å². The topological polar surface area (TPSA) is 170 Å². The molecule has 158 valence electrons. The molecule has 0 spiro atoms. The molecule has 0 bridgehead atoms. The Labute approximate surface area is 184 Å². The van der Waals surface area contributed by atoms with Crippen molar-refractivity contribution in [2.75, 3.05) is 7.05 Å². The normalized spacial score (nSPS) is 30.7.